The summed E-state index contributed by atoms with van der Waals surface area (Å²) < 4.78 is 0. The van der Waals surface area contributed by atoms with Crippen LogP contribution >= 0.6 is 11.6 Å². The molecule has 1 amide bonds. The summed E-state index contributed by atoms with van der Waals surface area (Å²) in [4.78, 5) is 18.3. The molecule has 2 heterocycles. The third-order valence-corrected chi connectivity index (χ3v) is 3.56. The van der Waals surface area contributed by atoms with Crippen LogP contribution in [-0.4, -0.2) is 42.0 Å². The van der Waals surface area contributed by atoms with Crippen molar-refractivity contribution in [3.63, 3.8) is 0 Å². The second-order valence-electron chi connectivity index (χ2n) is 5.33. The molecule has 5 heteroatoms. The number of nitrogens with one attached hydrogen (secondary N) is 1. The predicted molar refractivity (Wildman–Crippen MR) is 81.0 cm³/mol. The Morgan fingerprint density at radius 2 is 2.40 bits per heavy atom. The molecule has 0 spiro atoms. The van der Waals surface area contributed by atoms with Crippen LogP contribution in [0.15, 0.2) is 30.0 Å². The Labute approximate surface area is 124 Å². The zero-order chi connectivity index (χ0) is 14.5. The lowest BCUT2D eigenvalue weighted by atomic mass is 10.0. The topological polar surface area (TPSA) is 45.2 Å². The van der Waals surface area contributed by atoms with E-state index in [-0.39, 0.29) is 11.9 Å². The van der Waals surface area contributed by atoms with Gasteiger partial charge in [-0.25, -0.2) is 4.98 Å². The van der Waals surface area contributed by atoms with Gasteiger partial charge in [0.05, 0.1) is 0 Å². The minimum absolute atomic E-state index is 0.104. The van der Waals surface area contributed by atoms with E-state index in [1.165, 1.54) is 5.57 Å². The molecule has 0 aromatic carbocycles. The van der Waals surface area contributed by atoms with E-state index < -0.39 is 0 Å². The monoisotopic (exact) mass is 293 g/mol. The molecule has 20 heavy (non-hydrogen) atoms. The second kappa shape index (κ2) is 6.86. The first kappa shape index (κ1) is 15.0. The quantitative estimate of drug-likeness (QED) is 0.685. The highest BCUT2D eigenvalue weighted by molar-refractivity contribution is 6.29. The molecule has 1 unspecified atom stereocenters. The molecule has 0 saturated carbocycles. The van der Waals surface area contributed by atoms with Crippen LogP contribution in [0.5, 0.6) is 0 Å². The number of hydrogen-bond acceptors (Lipinski definition) is 3. The number of carbonyl (C=O) groups is 1. The van der Waals surface area contributed by atoms with Gasteiger partial charge in [-0.3, -0.25) is 4.79 Å². The Bertz CT molecular complexity index is 516. The van der Waals surface area contributed by atoms with Crippen LogP contribution in [0.1, 0.15) is 30.1 Å². The molecule has 1 aromatic rings. The normalized spacial score (nSPS) is 17.4. The maximum Gasteiger partial charge on any atom is 0.251 e. The van der Waals surface area contributed by atoms with Gasteiger partial charge in [0.15, 0.2) is 0 Å². The summed E-state index contributed by atoms with van der Waals surface area (Å²) in [5, 5.41) is 3.34. The van der Waals surface area contributed by atoms with Crippen molar-refractivity contribution >= 4 is 17.5 Å². The van der Waals surface area contributed by atoms with Gasteiger partial charge in [0, 0.05) is 30.9 Å². The lowest BCUT2D eigenvalue weighted by molar-refractivity contribution is 0.0939. The number of nitrogens with zero attached hydrogens (tertiary/aromatic N) is 2. The van der Waals surface area contributed by atoms with Crippen LogP contribution in [-0.2, 0) is 0 Å². The first-order valence-electron chi connectivity index (χ1n) is 6.83. The van der Waals surface area contributed by atoms with E-state index in [0.717, 1.165) is 25.9 Å². The van der Waals surface area contributed by atoms with Crippen molar-refractivity contribution in [1.29, 1.82) is 0 Å². The van der Waals surface area contributed by atoms with Crippen molar-refractivity contribution in [2.75, 3.05) is 20.1 Å². The molecule has 0 fully saturated rings. The van der Waals surface area contributed by atoms with Gasteiger partial charge in [0.1, 0.15) is 5.15 Å². The molecule has 0 bridgehead atoms. The zero-order valence-electron chi connectivity index (χ0n) is 11.9. The van der Waals surface area contributed by atoms with Crippen LogP contribution in [0.3, 0.4) is 0 Å². The van der Waals surface area contributed by atoms with Gasteiger partial charge < -0.3 is 10.2 Å². The molecule has 4 nitrogen and oxygen atoms in total. The number of amides is 1. The van der Waals surface area contributed by atoms with E-state index in [1.54, 1.807) is 18.3 Å². The van der Waals surface area contributed by atoms with E-state index in [9.17, 15) is 4.79 Å². The average molecular weight is 294 g/mol. The molecule has 1 N–H and O–H groups in total. The molecular formula is C15H20ClN3O. The van der Waals surface area contributed by atoms with E-state index in [2.05, 4.69) is 28.3 Å². The minimum atomic E-state index is -0.105. The van der Waals surface area contributed by atoms with Gasteiger partial charge in [-0.05, 0) is 38.9 Å². The molecule has 0 aliphatic carbocycles. The van der Waals surface area contributed by atoms with Crippen LogP contribution in [0.4, 0.5) is 0 Å². The Morgan fingerprint density at radius 1 is 1.60 bits per heavy atom. The van der Waals surface area contributed by atoms with Crippen molar-refractivity contribution in [3.8, 4) is 0 Å². The first-order valence-corrected chi connectivity index (χ1v) is 7.21. The first-order chi connectivity index (χ1) is 9.54. The lowest BCUT2D eigenvalue weighted by Crippen LogP contribution is -2.35. The third kappa shape index (κ3) is 4.32. The molecule has 108 valence electrons. The van der Waals surface area contributed by atoms with Crippen molar-refractivity contribution in [2.45, 2.75) is 25.8 Å². The summed E-state index contributed by atoms with van der Waals surface area (Å²) in [7, 11) is 2.12. The van der Waals surface area contributed by atoms with Crippen molar-refractivity contribution < 1.29 is 4.79 Å². The fraction of sp³-hybridized carbons (Fsp3) is 0.467. The van der Waals surface area contributed by atoms with Gasteiger partial charge >= 0.3 is 0 Å². The van der Waals surface area contributed by atoms with Crippen molar-refractivity contribution in [1.82, 2.24) is 15.2 Å². The number of halogens is 1. The number of carbonyl (C=O) groups excluding carboxylic acids is 1. The van der Waals surface area contributed by atoms with E-state index in [1.807, 2.05) is 6.92 Å². The summed E-state index contributed by atoms with van der Waals surface area (Å²) >= 11 is 5.79. The minimum Gasteiger partial charge on any atom is -0.349 e. The molecular weight excluding hydrogens is 274 g/mol. The fourth-order valence-corrected chi connectivity index (χ4v) is 2.60. The highest BCUT2D eigenvalue weighted by Gasteiger charge is 2.14. The van der Waals surface area contributed by atoms with Gasteiger partial charge in [-0.2, -0.15) is 0 Å². The maximum atomic E-state index is 12.1. The molecule has 0 radical (unpaired) electrons. The Kier molecular flexibility index (Phi) is 5.15. The Hall–Kier alpha value is -1.39. The SMILES string of the molecule is CC(CC1=CCCN(C)C1)NC(=O)c1ccnc(Cl)c1. The van der Waals surface area contributed by atoms with Crippen LogP contribution < -0.4 is 5.32 Å². The summed E-state index contributed by atoms with van der Waals surface area (Å²) in [6.45, 7) is 4.12. The summed E-state index contributed by atoms with van der Waals surface area (Å²) in [5.41, 5.74) is 1.94. The third-order valence-electron chi connectivity index (χ3n) is 3.35. The predicted octanol–water partition coefficient (Wildman–Crippen LogP) is 2.51. The molecule has 1 atom stereocenters. The number of likely N-dealkylation sites (N-methyl/N-ethyl adjacent to an activating group) is 1. The molecule has 0 saturated heterocycles. The molecule has 1 aliphatic rings. The van der Waals surface area contributed by atoms with Gasteiger partial charge in [0.25, 0.3) is 5.91 Å². The fourth-order valence-electron chi connectivity index (χ4n) is 2.42. The average Bonchev–Trinajstić information content (AvgIpc) is 2.38. The highest BCUT2D eigenvalue weighted by atomic mass is 35.5. The molecule has 1 aromatic heterocycles. The smallest absolute Gasteiger partial charge is 0.251 e. The standard InChI is InChI=1S/C15H20ClN3O/c1-11(8-12-4-3-7-19(2)10-12)18-15(20)13-5-6-17-14(16)9-13/h4-6,9,11H,3,7-8,10H2,1-2H3,(H,18,20). The van der Waals surface area contributed by atoms with Gasteiger partial charge in [0.2, 0.25) is 0 Å². The van der Waals surface area contributed by atoms with E-state index >= 15 is 0 Å². The summed E-state index contributed by atoms with van der Waals surface area (Å²) in [6, 6.07) is 3.35. The number of aromatic nitrogens is 1. The maximum absolute atomic E-state index is 12.1. The van der Waals surface area contributed by atoms with Gasteiger partial charge in [-0.1, -0.05) is 23.3 Å². The second-order valence-corrected chi connectivity index (χ2v) is 5.72. The zero-order valence-corrected chi connectivity index (χ0v) is 12.7. The van der Waals surface area contributed by atoms with Crippen molar-refractivity contribution in [2.24, 2.45) is 0 Å². The molecule has 1 aliphatic heterocycles. The number of rotatable bonds is 4. The van der Waals surface area contributed by atoms with Crippen molar-refractivity contribution in [3.05, 3.63) is 40.7 Å². The van der Waals surface area contributed by atoms with Gasteiger partial charge in [-0.15, -0.1) is 0 Å². The van der Waals surface area contributed by atoms with E-state index in [4.69, 9.17) is 11.6 Å². The van der Waals surface area contributed by atoms with Crippen LogP contribution in [0.25, 0.3) is 0 Å². The lowest BCUT2D eigenvalue weighted by Gasteiger charge is -2.25. The molecule has 2 rings (SSSR count). The number of hydrogen-bond donors (Lipinski definition) is 1. The Balaban J connectivity index is 1.89. The van der Waals surface area contributed by atoms with Crippen LogP contribution in [0.2, 0.25) is 5.15 Å². The highest BCUT2D eigenvalue weighted by Crippen LogP contribution is 2.14. The largest absolute Gasteiger partial charge is 0.349 e. The number of pyridine rings is 1. The van der Waals surface area contributed by atoms with Crippen LogP contribution in [0, 0.1) is 0 Å². The summed E-state index contributed by atoms with van der Waals surface area (Å²) in [5.74, 6) is -0.105. The summed E-state index contributed by atoms with van der Waals surface area (Å²) in [6.07, 6.45) is 5.80. The van der Waals surface area contributed by atoms with E-state index in [0.29, 0.717) is 10.7 Å². The Morgan fingerprint density at radius 3 is 3.10 bits per heavy atom.